The third-order valence-electron chi connectivity index (χ3n) is 1.49. The van der Waals surface area contributed by atoms with E-state index >= 15 is 0 Å². The normalized spacial score (nSPS) is 9.58. The maximum atomic E-state index is 12.8. The van der Waals surface area contributed by atoms with Crippen LogP contribution in [-0.4, -0.2) is 7.11 Å². The van der Waals surface area contributed by atoms with Crippen LogP contribution in [0.2, 0.25) is 0 Å². The first kappa shape index (κ1) is 8.71. The number of halogens is 2. The summed E-state index contributed by atoms with van der Waals surface area (Å²) in [6.45, 7) is 3.35. The highest BCUT2D eigenvalue weighted by Crippen LogP contribution is 2.20. The van der Waals surface area contributed by atoms with E-state index in [2.05, 4.69) is 6.58 Å². The molecule has 3 heteroatoms. The van der Waals surface area contributed by atoms with Gasteiger partial charge >= 0.3 is 0 Å². The first-order valence-electron chi connectivity index (χ1n) is 3.34. The molecule has 0 amide bonds. The molecule has 0 radical (unpaired) electrons. The third-order valence-corrected chi connectivity index (χ3v) is 1.49. The fraction of sp³-hybridized carbons (Fsp3) is 0.111. The van der Waals surface area contributed by atoms with Crippen molar-refractivity contribution in [1.29, 1.82) is 0 Å². The van der Waals surface area contributed by atoms with Gasteiger partial charge in [0.05, 0.1) is 7.11 Å². The van der Waals surface area contributed by atoms with Crippen molar-refractivity contribution in [3.63, 3.8) is 0 Å². The smallest absolute Gasteiger partial charge is 0.166 e. The quantitative estimate of drug-likeness (QED) is 0.662. The van der Waals surface area contributed by atoms with Gasteiger partial charge in [0.25, 0.3) is 0 Å². The summed E-state index contributed by atoms with van der Waals surface area (Å²) in [5, 5.41) is 0. The molecular weight excluding hydrogens is 162 g/mol. The minimum atomic E-state index is -0.927. The second-order valence-electron chi connectivity index (χ2n) is 2.22. The van der Waals surface area contributed by atoms with Crippen molar-refractivity contribution in [2.24, 2.45) is 0 Å². The Labute approximate surface area is 69.3 Å². The molecule has 0 aliphatic rings. The zero-order chi connectivity index (χ0) is 9.14. The summed E-state index contributed by atoms with van der Waals surface area (Å²) in [6.07, 6.45) is 1.24. The molecular formula is C9H8F2O. The maximum Gasteiger partial charge on any atom is 0.166 e. The molecule has 1 nitrogen and oxygen atoms in total. The second kappa shape index (κ2) is 3.34. The van der Waals surface area contributed by atoms with E-state index in [1.54, 1.807) is 0 Å². The second-order valence-corrected chi connectivity index (χ2v) is 2.22. The molecule has 0 aliphatic heterocycles. The van der Waals surface area contributed by atoms with Crippen LogP contribution in [0.5, 0.6) is 5.75 Å². The Bertz CT molecular complexity index is 308. The van der Waals surface area contributed by atoms with Crippen LogP contribution >= 0.6 is 0 Å². The van der Waals surface area contributed by atoms with E-state index < -0.39 is 11.6 Å². The van der Waals surface area contributed by atoms with Crippen LogP contribution in [0.3, 0.4) is 0 Å². The maximum absolute atomic E-state index is 12.8. The zero-order valence-corrected chi connectivity index (χ0v) is 6.60. The third kappa shape index (κ3) is 1.44. The van der Waals surface area contributed by atoms with Gasteiger partial charge in [-0.05, 0) is 6.07 Å². The summed E-state index contributed by atoms with van der Waals surface area (Å²) in [6, 6.07) is 2.37. The number of methoxy groups -OCH3 is 1. The molecule has 12 heavy (non-hydrogen) atoms. The highest BCUT2D eigenvalue weighted by molar-refractivity contribution is 5.50. The van der Waals surface area contributed by atoms with Crippen LogP contribution in [-0.2, 0) is 0 Å². The van der Waals surface area contributed by atoms with E-state index in [1.165, 1.54) is 19.3 Å². The first-order valence-corrected chi connectivity index (χ1v) is 3.34. The van der Waals surface area contributed by atoms with Crippen LogP contribution in [0.1, 0.15) is 5.56 Å². The topological polar surface area (TPSA) is 9.23 Å². The fourth-order valence-electron chi connectivity index (χ4n) is 0.851. The lowest BCUT2D eigenvalue weighted by atomic mass is 10.2. The molecule has 0 N–H and O–H groups in total. The van der Waals surface area contributed by atoms with E-state index in [0.29, 0.717) is 0 Å². The Morgan fingerprint density at radius 2 is 2.08 bits per heavy atom. The number of hydrogen-bond acceptors (Lipinski definition) is 1. The summed E-state index contributed by atoms with van der Waals surface area (Å²) < 4.78 is 30.3. The molecule has 0 saturated heterocycles. The first-order chi connectivity index (χ1) is 5.69. The Morgan fingerprint density at radius 1 is 1.42 bits per heavy atom. The summed E-state index contributed by atoms with van der Waals surface area (Å²) >= 11 is 0. The lowest BCUT2D eigenvalue weighted by Crippen LogP contribution is -1.91. The molecule has 1 aromatic rings. The van der Waals surface area contributed by atoms with Gasteiger partial charge in [-0.25, -0.2) is 8.78 Å². The lowest BCUT2D eigenvalue weighted by molar-refractivity contribution is 0.406. The molecule has 1 rings (SSSR count). The molecule has 0 aliphatic carbocycles. The average Bonchev–Trinajstić information content (AvgIpc) is 2.09. The van der Waals surface area contributed by atoms with Gasteiger partial charge in [-0.15, -0.1) is 0 Å². The average molecular weight is 170 g/mol. The van der Waals surface area contributed by atoms with Gasteiger partial charge in [0, 0.05) is 11.6 Å². The highest BCUT2D eigenvalue weighted by atomic mass is 19.2. The van der Waals surface area contributed by atoms with Crippen molar-refractivity contribution in [3.05, 3.63) is 35.9 Å². The van der Waals surface area contributed by atoms with E-state index in [1.807, 2.05) is 0 Å². The van der Waals surface area contributed by atoms with Crippen molar-refractivity contribution in [1.82, 2.24) is 0 Å². The van der Waals surface area contributed by atoms with E-state index in [4.69, 9.17) is 4.74 Å². The zero-order valence-electron chi connectivity index (χ0n) is 6.60. The van der Waals surface area contributed by atoms with Crippen LogP contribution in [0.25, 0.3) is 6.08 Å². The van der Waals surface area contributed by atoms with Crippen LogP contribution < -0.4 is 4.74 Å². The lowest BCUT2D eigenvalue weighted by Gasteiger charge is -2.02. The van der Waals surface area contributed by atoms with Gasteiger partial charge in [0.2, 0.25) is 0 Å². The largest absolute Gasteiger partial charge is 0.497 e. The van der Waals surface area contributed by atoms with Crippen molar-refractivity contribution in [2.75, 3.05) is 7.11 Å². The Kier molecular flexibility index (Phi) is 2.43. The standard InChI is InChI=1S/C9H8F2O/c1-3-6-4-7(12-2)5-8(10)9(6)11/h3-5H,1H2,2H3. The van der Waals surface area contributed by atoms with Crippen LogP contribution in [0.15, 0.2) is 18.7 Å². The van der Waals surface area contributed by atoms with Crippen molar-refractivity contribution in [2.45, 2.75) is 0 Å². The van der Waals surface area contributed by atoms with Gasteiger partial charge in [-0.2, -0.15) is 0 Å². The Morgan fingerprint density at radius 3 is 2.58 bits per heavy atom. The number of rotatable bonds is 2. The SMILES string of the molecule is C=Cc1cc(OC)cc(F)c1F. The molecule has 0 unspecified atom stereocenters. The van der Waals surface area contributed by atoms with Gasteiger partial charge in [0.1, 0.15) is 5.75 Å². The molecule has 0 spiro atoms. The van der Waals surface area contributed by atoms with Gasteiger partial charge < -0.3 is 4.74 Å². The van der Waals surface area contributed by atoms with E-state index in [-0.39, 0.29) is 11.3 Å². The Hall–Kier alpha value is -1.38. The monoisotopic (exact) mass is 170 g/mol. The molecule has 0 fully saturated rings. The molecule has 0 saturated carbocycles. The van der Waals surface area contributed by atoms with Crippen molar-refractivity contribution < 1.29 is 13.5 Å². The predicted octanol–water partition coefficient (Wildman–Crippen LogP) is 2.62. The number of ether oxygens (including phenoxy) is 1. The summed E-state index contributed by atoms with van der Waals surface area (Å²) in [5.41, 5.74) is 0.104. The van der Waals surface area contributed by atoms with E-state index in [0.717, 1.165) is 6.07 Å². The minimum Gasteiger partial charge on any atom is -0.497 e. The molecule has 64 valence electrons. The molecule has 0 bridgehead atoms. The molecule has 1 aromatic carbocycles. The Balaban J connectivity index is 3.28. The number of hydrogen-bond donors (Lipinski definition) is 0. The van der Waals surface area contributed by atoms with Crippen LogP contribution in [0.4, 0.5) is 8.78 Å². The van der Waals surface area contributed by atoms with Gasteiger partial charge in [0.15, 0.2) is 11.6 Å². The van der Waals surface area contributed by atoms with Crippen molar-refractivity contribution in [3.8, 4) is 5.75 Å². The van der Waals surface area contributed by atoms with Gasteiger partial charge in [-0.1, -0.05) is 12.7 Å². The number of benzene rings is 1. The fourth-order valence-corrected chi connectivity index (χ4v) is 0.851. The predicted molar refractivity (Wildman–Crippen MR) is 43.0 cm³/mol. The summed E-state index contributed by atoms with van der Waals surface area (Å²) in [5.74, 6) is -1.54. The van der Waals surface area contributed by atoms with Gasteiger partial charge in [-0.3, -0.25) is 0 Å². The van der Waals surface area contributed by atoms with Crippen molar-refractivity contribution >= 4 is 6.08 Å². The highest BCUT2D eigenvalue weighted by Gasteiger charge is 2.07. The minimum absolute atomic E-state index is 0.104. The summed E-state index contributed by atoms with van der Waals surface area (Å²) in [7, 11) is 1.39. The molecule has 0 atom stereocenters. The van der Waals surface area contributed by atoms with E-state index in [9.17, 15) is 8.78 Å². The molecule has 0 aromatic heterocycles. The van der Waals surface area contributed by atoms with Crippen LogP contribution in [0, 0.1) is 11.6 Å². The summed E-state index contributed by atoms with van der Waals surface area (Å²) in [4.78, 5) is 0. The molecule has 0 heterocycles.